The highest BCUT2D eigenvalue weighted by Gasteiger charge is 2.46. The number of carbonyl (C=O) groups is 2. The van der Waals surface area contributed by atoms with E-state index in [1.54, 1.807) is 0 Å². The Kier molecular flexibility index (Phi) is 1.87. The summed E-state index contributed by atoms with van der Waals surface area (Å²) >= 11 is 1.87. The summed E-state index contributed by atoms with van der Waals surface area (Å²) in [6, 6.07) is 0. The quantitative estimate of drug-likeness (QED) is 0.560. The SMILES string of the molecule is O=C1CC2(CCSCC2)C(=O)N1. The Bertz CT molecular complexity index is 233. The first kappa shape index (κ1) is 8.10. The summed E-state index contributed by atoms with van der Waals surface area (Å²) in [6.45, 7) is 0. The van der Waals surface area contributed by atoms with Crippen molar-refractivity contribution in [1.82, 2.24) is 5.32 Å². The summed E-state index contributed by atoms with van der Waals surface area (Å²) in [7, 11) is 0. The fraction of sp³-hybridized carbons (Fsp3) is 0.750. The van der Waals surface area contributed by atoms with Crippen LogP contribution < -0.4 is 5.32 Å². The first-order valence-corrected chi connectivity index (χ1v) is 5.30. The van der Waals surface area contributed by atoms with Gasteiger partial charge in [0.15, 0.2) is 0 Å². The maximum atomic E-state index is 11.4. The molecule has 2 aliphatic rings. The minimum atomic E-state index is -0.317. The van der Waals surface area contributed by atoms with Crippen molar-refractivity contribution in [3.05, 3.63) is 0 Å². The van der Waals surface area contributed by atoms with Crippen LogP contribution >= 0.6 is 11.8 Å². The average Bonchev–Trinajstić information content (AvgIpc) is 2.29. The molecule has 66 valence electrons. The average molecular weight is 185 g/mol. The molecule has 0 atom stereocenters. The van der Waals surface area contributed by atoms with Gasteiger partial charge in [0.1, 0.15) is 0 Å². The van der Waals surface area contributed by atoms with Crippen LogP contribution in [0.5, 0.6) is 0 Å². The van der Waals surface area contributed by atoms with Crippen LogP contribution in [0.15, 0.2) is 0 Å². The van der Waals surface area contributed by atoms with Crippen molar-refractivity contribution < 1.29 is 9.59 Å². The third-order valence-corrected chi connectivity index (χ3v) is 3.67. The van der Waals surface area contributed by atoms with E-state index >= 15 is 0 Å². The van der Waals surface area contributed by atoms with Crippen LogP contribution in [0.4, 0.5) is 0 Å². The Morgan fingerprint density at radius 2 is 1.92 bits per heavy atom. The second-order valence-corrected chi connectivity index (χ2v) is 4.67. The first-order chi connectivity index (χ1) is 5.73. The van der Waals surface area contributed by atoms with Gasteiger partial charge in [-0.2, -0.15) is 11.8 Å². The predicted molar refractivity (Wildman–Crippen MR) is 46.8 cm³/mol. The fourth-order valence-electron chi connectivity index (χ4n) is 1.86. The molecule has 0 bridgehead atoms. The normalized spacial score (nSPS) is 27.7. The molecule has 2 heterocycles. The molecule has 2 saturated heterocycles. The summed E-state index contributed by atoms with van der Waals surface area (Å²) in [5.41, 5.74) is -0.317. The number of carbonyl (C=O) groups excluding carboxylic acids is 2. The maximum absolute atomic E-state index is 11.4. The van der Waals surface area contributed by atoms with Gasteiger partial charge in [-0.25, -0.2) is 0 Å². The van der Waals surface area contributed by atoms with Crippen LogP contribution in [0, 0.1) is 5.41 Å². The Labute approximate surface area is 75.3 Å². The van der Waals surface area contributed by atoms with E-state index in [-0.39, 0.29) is 17.2 Å². The number of thioether (sulfide) groups is 1. The summed E-state index contributed by atoms with van der Waals surface area (Å²) in [5.74, 6) is 1.90. The van der Waals surface area contributed by atoms with Gasteiger partial charge >= 0.3 is 0 Å². The number of imide groups is 1. The van der Waals surface area contributed by atoms with Crippen molar-refractivity contribution in [3.8, 4) is 0 Å². The minimum Gasteiger partial charge on any atom is -0.296 e. The number of hydrogen-bond acceptors (Lipinski definition) is 3. The van der Waals surface area contributed by atoms with E-state index in [0.717, 1.165) is 24.3 Å². The second kappa shape index (κ2) is 2.76. The van der Waals surface area contributed by atoms with E-state index in [9.17, 15) is 9.59 Å². The molecule has 0 aliphatic carbocycles. The maximum Gasteiger partial charge on any atom is 0.233 e. The lowest BCUT2D eigenvalue weighted by Crippen LogP contribution is -2.34. The van der Waals surface area contributed by atoms with Gasteiger partial charge < -0.3 is 0 Å². The third kappa shape index (κ3) is 1.14. The highest BCUT2D eigenvalue weighted by Crippen LogP contribution is 2.40. The third-order valence-electron chi connectivity index (χ3n) is 2.68. The van der Waals surface area contributed by atoms with Crippen LogP contribution in [0.25, 0.3) is 0 Å². The highest BCUT2D eigenvalue weighted by molar-refractivity contribution is 7.99. The van der Waals surface area contributed by atoms with Crippen molar-refractivity contribution in [1.29, 1.82) is 0 Å². The van der Waals surface area contributed by atoms with Gasteiger partial charge in [0.2, 0.25) is 11.8 Å². The van der Waals surface area contributed by atoms with Crippen molar-refractivity contribution in [3.63, 3.8) is 0 Å². The summed E-state index contributed by atoms with van der Waals surface area (Å²) in [5, 5.41) is 2.39. The lowest BCUT2D eigenvalue weighted by molar-refractivity contribution is -0.128. The molecule has 1 N–H and O–H groups in total. The highest BCUT2D eigenvalue weighted by atomic mass is 32.2. The van der Waals surface area contributed by atoms with Crippen LogP contribution in [-0.4, -0.2) is 23.3 Å². The molecule has 3 nitrogen and oxygen atoms in total. The zero-order valence-corrected chi connectivity index (χ0v) is 7.58. The number of hydrogen-bond donors (Lipinski definition) is 1. The molecule has 2 fully saturated rings. The molecule has 0 saturated carbocycles. The van der Waals surface area contributed by atoms with Gasteiger partial charge in [-0.15, -0.1) is 0 Å². The van der Waals surface area contributed by atoms with Gasteiger partial charge in [0, 0.05) is 6.42 Å². The molecule has 1 spiro atoms. The Morgan fingerprint density at radius 3 is 2.42 bits per heavy atom. The van der Waals surface area contributed by atoms with Crippen molar-refractivity contribution in [2.75, 3.05) is 11.5 Å². The lowest BCUT2D eigenvalue weighted by atomic mass is 9.80. The Morgan fingerprint density at radius 1 is 1.25 bits per heavy atom. The fourth-order valence-corrected chi connectivity index (χ4v) is 3.13. The number of amides is 2. The molecule has 0 aromatic rings. The summed E-state index contributed by atoms with van der Waals surface area (Å²) < 4.78 is 0. The smallest absolute Gasteiger partial charge is 0.233 e. The second-order valence-electron chi connectivity index (χ2n) is 3.45. The van der Waals surface area contributed by atoms with E-state index in [0.29, 0.717) is 6.42 Å². The van der Waals surface area contributed by atoms with Crippen LogP contribution in [-0.2, 0) is 9.59 Å². The molecular weight excluding hydrogens is 174 g/mol. The lowest BCUT2D eigenvalue weighted by Gasteiger charge is -2.28. The van der Waals surface area contributed by atoms with Crippen molar-refractivity contribution >= 4 is 23.6 Å². The van der Waals surface area contributed by atoms with Crippen LogP contribution in [0.1, 0.15) is 19.3 Å². The van der Waals surface area contributed by atoms with E-state index in [1.807, 2.05) is 11.8 Å². The number of nitrogens with one attached hydrogen (secondary N) is 1. The molecule has 2 aliphatic heterocycles. The van der Waals surface area contributed by atoms with Gasteiger partial charge in [-0.05, 0) is 24.3 Å². The molecule has 12 heavy (non-hydrogen) atoms. The molecule has 0 radical (unpaired) electrons. The predicted octanol–water partition coefficient (Wildman–Crippen LogP) is 0.546. The van der Waals surface area contributed by atoms with E-state index < -0.39 is 0 Å². The van der Waals surface area contributed by atoms with Crippen LogP contribution in [0.2, 0.25) is 0 Å². The molecule has 2 rings (SSSR count). The van der Waals surface area contributed by atoms with Crippen LogP contribution in [0.3, 0.4) is 0 Å². The zero-order valence-electron chi connectivity index (χ0n) is 6.76. The summed E-state index contributed by atoms with van der Waals surface area (Å²) in [6.07, 6.45) is 2.16. The first-order valence-electron chi connectivity index (χ1n) is 4.15. The molecule has 4 heteroatoms. The molecule has 0 aromatic heterocycles. The molecular formula is C8H11NO2S. The van der Waals surface area contributed by atoms with E-state index in [1.165, 1.54) is 0 Å². The van der Waals surface area contributed by atoms with Crippen molar-refractivity contribution in [2.24, 2.45) is 5.41 Å². The molecule has 0 aromatic carbocycles. The van der Waals surface area contributed by atoms with Gasteiger partial charge in [0.25, 0.3) is 0 Å². The standard InChI is InChI=1S/C8H11NO2S/c10-6-5-8(7(11)9-6)1-3-12-4-2-8/h1-5H2,(H,9,10,11). The summed E-state index contributed by atoms with van der Waals surface area (Å²) in [4.78, 5) is 22.4. The van der Waals surface area contributed by atoms with Gasteiger partial charge in [-0.3, -0.25) is 14.9 Å². The van der Waals surface area contributed by atoms with E-state index in [2.05, 4.69) is 5.32 Å². The Balaban J connectivity index is 2.18. The minimum absolute atomic E-state index is 0.0344. The number of rotatable bonds is 0. The largest absolute Gasteiger partial charge is 0.296 e. The van der Waals surface area contributed by atoms with Gasteiger partial charge in [0.05, 0.1) is 5.41 Å². The molecule has 0 unspecified atom stereocenters. The van der Waals surface area contributed by atoms with Crippen molar-refractivity contribution in [2.45, 2.75) is 19.3 Å². The van der Waals surface area contributed by atoms with Gasteiger partial charge in [-0.1, -0.05) is 0 Å². The topological polar surface area (TPSA) is 46.2 Å². The monoisotopic (exact) mass is 185 g/mol. The Hall–Kier alpha value is -0.510. The molecule has 2 amide bonds. The zero-order chi connectivity index (χ0) is 8.60. The van der Waals surface area contributed by atoms with E-state index in [4.69, 9.17) is 0 Å².